The Balaban J connectivity index is 0.000000194. The normalized spacial score (nSPS) is 14.0. The number of rotatable bonds is 27. The lowest BCUT2D eigenvalue weighted by Gasteiger charge is -2.30. The van der Waals surface area contributed by atoms with Crippen molar-refractivity contribution >= 4 is 176 Å². The molecule has 0 aliphatic carbocycles. The molecule has 13 aromatic heterocycles. The van der Waals surface area contributed by atoms with Crippen molar-refractivity contribution in [3.05, 3.63) is 222 Å². The van der Waals surface area contributed by atoms with Gasteiger partial charge in [-0.3, -0.25) is 56.5 Å². The Morgan fingerprint density at radius 1 is 0.441 bits per heavy atom. The molecular formula is C83H95Cl6F5N28O2S3. The van der Waals surface area contributed by atoms with E-state index in [1.54, 1.807) is 51.2 Å². The topological polar surface area (TPSA) is 312 Å². The second-order valence-electron chi connectivity index (χ2n) is 30.3. The highest BCUT2D eigenvalue weighted by atomic mass is 35.5. The van der Waals surface area contributed by atoms with Gasteiger partial charge >= 0.3 is 0 Å². The average molecular weight is 1920 g/mol. The number of nitrogens with zero attached hydrogens (tertiary/aromatic N) is 22. The lowest BCUT2D eigenvalue weighted by atomic mass is 10.0. The van der Waals surface area contributed by atoms with Crippen LogP contribution in [-0.4, -0.2) is 176 Å². The minimum atomic E-state index is -1.16. The van der Waals surface area contributed by atoms with Gasteiger partial charge in [-0.1, -0.05) is 31.9 Å². The summed E-state index contributed by atoms with van der Waals surface area (Å²) in [6.45, 7) is 19.6. The number of nitrogens with one attached hydrogen (secondary N) is 6. The molecule has 3 saturated heterocycles. The van der Waals surface area contributed by atoms with Gasteiger partial charge in [0, 0.05) is 106 Å². The van der Waals surface area contributed by atoms with E-state index >= 15 is 0 Å². The average Bonchev–Trinajstić information content (AvgIpc) is 1.65. The molecule has 127 heavy (non-hydrogen) atoms. The van der Waals surface area contributed by atoms with Crippen molar-refractivity contribution in [1.29, 1.82) is 0 Å². The largest absolute Gasteiger partial charge is 0.381 e. The lowest BCUT2D eigenvalue weighted by Crippen LogP contribution is -2.33. The van der Waals surface area contributed by atoms with Gasteiger partial charge in [0.2, 0.25) is 0 Å². The van der Waals surface area contributed by atoms with Gasteiger partial charge in [0.05, 0.1) is 131 Å². The number of carbonyl (C=O) groups excluding carboxylic acids is 2. The first kappa shape index (κ1) is 98.6. The fourth-order valence-electron chi connectivity index (χ4n) is 15.1. The minimum absolute atomic E-state index is 0. The first-order valence-corrected chi connectivity index (χ1v) is 42.5. The van der Waals surface area contributed by atoms with Crippen molar-refractivity contribution in [3.63, 3.8) is 0 Å². The molecule has 3 aliphatic heterocycles. The Morgan fingerprint density at radius 3 is 1.28 bits per heavy atom. The number of anilines is 7. The molecule has 0 bridgehead atoms. The highest BCUT2D eigenvalue weighted by Gasteiger charge is 2.24. The number of carbonyl (C=O) groups is 2. The third-order valence-corrected chi connectivity index (χ3v) is 23.1. The molecule has 6 N–H and O–H groups in total. The molecule has 0 spiro atoms. The summed E-state index contributed by atoms with van der Waals surface area (Å²) in [6, 6.07) is 15.2. The maximum absolute atomic E-state index is 13.9. The third kappa shape index (κ3) is 24.6. The van der Waals surface area contributed by atoms with Gasteiger partial charge in [-0.05, 0) is 181 Å². The fourth-order valence-corrected chi connectivity index (χ4v) is 17.0. The van der Waals surface area contributed by atoms with E-state index < -0.39 is 40.9 Å². The van der Waals surface area contributed by atoms with Crippen molar-refractivity contribution in [1.82, 2.24) is 116 Å². The Hall–Kier alpha value is -10.6. The van der Waals surface area contributed by atoms with Crippen molar-refractivity contribution in [2.24, 2.45) is 5.92 Å². The van der Waals surface area contributed by atoms with Gasteiger partial charge in [0.15, 0.2) is 63.5 Å². The Morgan fingerprint density at radius 2 is 0.843 bits per heavy atom. The van der Waals surface area contributed by atoms with E-state index in [1.807, 2.05) is 71.2 Å². The summed E-state index contributed by atoms with van der Waals surface area (Å²) >= 11 is 4.28. The van der Waals surface area contributed by atoms with Crippen molar-refractivity contribution in [2.45, 2.75) is 118 Å². The molecule has 3 aliphatic rings. The lowest BCUT2D eigenvalue weighted by molar-refractivity contribution is 0.0938. The number of aromatic nitrogens is 19. The van der Waals surface area contributed by atoms with Crippen LogP contribution >= 0.6 is 109 Å². The van der Waals surface area contributed by atoms with Crippen molar-refractivity contribution < 1.29 is 31.5 Å². The number of pyridine rings is 1. The number of imidazole rings is 3. The second kappa shape index (κ2) is 45.9. The zero-order chi connectivity index (χ0) is 83.5. The zero-order valence-electron chi connectivity index (χ0n) is 69.4. The standard InChI is InChI=1S/C28H29F2N9OS.C28H31F2N9S.C27H29FN10OS.6ClH/c1-18-15-39-23(19-13-33-38(16-19)11-8-31-28(40)21-6-5-7-22(29)25(21)30)14-32-27(39)26(34-18)35-24-12-20(36-41-24)17-37-9-3-2-4-10-37;1-18-5-4-9-37(14-18)17-21-11-25(40-36-21)35-27-28-32-13-24(39(28)15-19(2)34-27)20-12-33-38(16-20)10-8-31-23-7-3-6-22(29)26(23)30;1-18-15-38-23(19-12-32-37(16-19)10-7-30-27(39)21-5-6-29-13-22(21)28)14-31-26(38)25(33-18)34-24-11-20(35-40-24)17-36-8-3-2-4-9-36;;;;;;/h5-7,12-16H,2-4,8-11,17H2,1H3,(H,31,40)(H,34,35);3,6-7,11-13,15-16,18,31H,4-5,8-10,14,17H2,1-2H3,(H,34,35);5-6,11-16H,2-4,7-10,17H2,1H3,(H,30,39)(H,33,34);6*1H. The summed E-state index contributed by atoms with van der Waals surface area (Å²) in [5.41, 5.74) is 12.7. The predicted molar refractivity (Wildman–Crippen MR) is 499 cm³/mol. The van der Waals surface area contributed by atoms with Gasteiger partial charge in [0.1, 0.15) is 15.0 Å². The van der Waals surface area contributed by atoms with Crippen LogP contribution < -0.4 is 31.9 Å². The van der Waals surface area contributed by atoms with Crippen LogP contribution in [0.5, 0.6) is 0 Å². The van der Waals surface area contributed by atoms with E-state index in [2.05, 4.69) is 120 Å². The molecular weight excluding hydrogens is 1830 g/mol. The van der Waals surface area contributed by atoms with Crippen LogP contribution in [0.2, 0.25) is 0 Å². The fraction of sp³-hybridized carbons (Fsp3) is 0.337. The van der Waals surface area contributed by atoms with E-state index in [-0.39, 0.29) is 97.8 Å². The van der Waals surface area contributed by atoms with Crippen molar-refractivity contribution in [2.75, 3.05) is 80.2 Å². The van der Waals surface area contributed by atoms with Gasteiger partial charge in [-0.25, -0.2) is 51.9 Å². The first-order valence-electron chi connectivity index (χ1n) is 40.2. The molecule has 1 unspecified atom stereocenters. The monoisotopic (exact) mass is 1920 g/mol. The van der Waals surface area contributed by atoms with Crippen LogP contribution in [0.25, 0.3) is 50.7 Å². The number of likely N-dealkylation sites (tertiary alicyclic amines) is 3. The molecule has 44 heteroatoms. The highest BCUT2D eigenvalue weighted by molar-refractivity contribution is 7.10. The molecule has 0 saturated carbocycles. The van der Waals surface area contributed by atoms with Crippen molar-refractivity contribution in [3.8, 4) is 33.8 Å². The molecule has 15 aromatic rings. The van der Waals surface area contributed by atoms with Gasteiger partial charge in [-0.15, -0.1) is 74.4 Å². The van der Waals surface area contributed by atoms with Crippen LogP contribution in [-0.2, 0) is 39.3 Å². The number of amides is 2. The molecule has 16 heterocycles. The first-order chi connectivity index (χ1) is 58.9. The number of aryl methyl sites for hydroxylation is 3. The summed E-state index contributed by atoms with van der Waals surface area (Å²) < 4.78 is 93.5. The van der Waals surface area contributed by atoms with Gasteiger partial charge in [0.25, 0.3) is 11.8 Å². The summed E-state index contributed by atoms with van der Waals surface area (Å²) in [7, 11) is 0. The van der Waals surface area contributed by atoms with E-state index in [9.17, 15) is 31.5 Å². The van der Waals surface area contributed by atoms with Gasteiger partial charge in [-0.2, -0.15) is 28.4 Å². The Kier molecular flexibility index (Phi) is 35.6. The molecule has 2 amide bonds. The van der Waals surface area contributed by atoms with Gasteiger partial charge < -0.3 is 31.9 Å². The summed E-state index contributed by atoms with van der Waals surface area (Å²) in [4.78, 5) is 63.6. The molecule has 3 fully saturated rings. The summed E-state index contributed by atoms with van der Waals surface area (Å²) in [5.74, 6) is -3.09. The Bertz CT molecular complexity index is 6150. The van der Waals surface area contributed by atoms with E-state index in [0.717, 1.165) is 166 Å². The number of halogens is 11. The number of fused-ring (bicyclic) bond motifs is 3. The number of piperidine rings is 3. The molecule has 30 nitrogen and oxygen atoms in total. The number of hydrogen-bond acceptors (Lipinski definition) is 25. The SMILES string of the molecule is Cc1cn2c(-c3cnn(CCNC(=O)c4cccc(F)c4F)c3)cnc2c(Nc2cc(CN3CCCCC3)ns2)n1.Cc1cn2c(-c3cnn(CCNC(=O)c4ccncc4F)c3)cnc2c(Nc2cc(CN3CCCCC3)ns2)n1.Cc1cn2c(-c3cnn(CCNc4cccc(F)c4F)c3)cnc2c(Nc2cc(CN3CCCC(C)C3)ns2)n1.Cl.Cl.Cl.Cl.Cl.Cl. The van der Waals surface area contributed by atoms with Crippen LogP contribution in [0, 0.1) is 55.8 Å². The maximum Gasteiger partial charge on any atom is 0.254 e. The van der Waals surface area contributed by atoms with E-state index in [4.69, 9.17) is 15.0 Å². The molecule has 0 radical (unpaired) electrons. The van der Waals surface area contributed by atoms with Crippen LogP contribution in [0.1, 0.15) is 113 Å². The quantitative estimate of drug-likeness (QED) is 0.0261. The van der Waals surface area contributed by atoms with E-state index in [0.29, 0.717) is 67.1 Å². The number of benzene rings is 2. The number of hydrogen-bond donors (Lipinski definition) is 6. The third-order valence-electron chi connectivity index (χ3n) is 20.9. The molecule has 2 aromatic carbocycles. The molecule has 18 rings (SSSR count). The zero-order valence-corrected chi connectivity index (χ0v) is 76.8. The second-order valence-corrected chi connectivity index (χ2v) is 32.7. The maximum atomic E-state index is 13.9. The molecule has 1 atom stereocenters. The Labute approximate surface area is 777 Å². The minimum Gasteiger partial charge on any atom is -0.381 e. The summed E-state index contributed by atoms with van der Waals surface area (Å²) in [6.07, 6.45) is 34.7. The highest BCUT2D eigenvalue weighted by Crippen LogP contribution is 2.34. The van der Waals surface area contributed by atoms with Crippen LogP contribution in [0.15, 0.2) is 147 Å². The van der Waals surface area contributed by atoms with E-state index in [1.165, 1.54) is 122 Å². The van der Waals surface area contributed by atoms with Crippen LogP contribution in [0.4, 0.5) is 60.1 Å². The smallest absolute Gasteiger partial charge is 0.254 e. The molecule has 674 valence electrons. The predicted octanol–water partition coefficient (Wildman–Crippen LogP) is 17.1. The summed E-state index contributed by atoms with van der Waals surface area (Å²) in [5, 5.41) is 34.5. The van der Waals surface area contributed by atoms with Crippen LogP contribution in [0.3, 0.4) is 0 Å².